The lowest BCUT2D eigenvalue weighted by Crippen LogP contribution is -2.31. The molecule has 1 atom stereocenters. The topological polar surface area (TPSA) is 61.3 Å². The second-order valence-corrected chi connectivity index (χ2v) is 7.15. The molecule has 2 N–H and O–H groups in total. The Morgan fingerprint density at radius 2 is 2.08 bits per heavy atom. The Labute approximate surface area is 149 Å². The van der Waals surface area contributed by atoms with Crippen molar-refractivity contribution in [2.75, 3.05) is 23.3 Å². The number of benzene rings is 1. The highest BCUT2D eigenvalue weighted by Gasteiger charge is 2.28. The van der Waals surface area contributed by atoms with E-state index in [4.69, 9.17) is 4.98 Å². The summed E-state index contributed by atoms with van der Waals surface area (Å²) in [5, 5.41) is 13.1. The lowest BCUT2D eigenvalue weighted by molar-refractivity contribution is 0.199. The van der Waals surface area contributed by atoms with Gasteiger partial charge in [-0.05, 0) is 49.8 Å². The normalized spacial score (nSPS) is 18.0. The van der Waals surface area contributed by atoms with Crippen LogP contribution < -0.4 is 10.2 Å². The average molecular weight is 338 g/mol. The van der Waals surface area contributed by atoms with Crippen LogP contribution in [0.15, 0.2) is 24.3 Å². The Hall–Kier alpha value is -2.14. The lowest BCUT2D eigenvalue weighted by atomic mass is 9.96. The van der Waals surface area contributed by atoms with Crippen molar-refractivity contribution in [2.24, 2.45) is 0 Å². The molecule has 2 aliphatic rings. The highest BCUT2D eigenvalue weighted by atomic mass is 16.3. The summed E-state index contributed by atoms with van der Waals surface area (Å²) >= 11 is 0. The van der Waals surface area contributed by atoms with Crippen molar-refractivity contribution in [1.82, 2.24) is 9.97 Å². The molecule has 4 rings (SSSR count). The number of fused-ring (bicyclic) bond motifs is 1. The molecule has 1 aromatic carbocycles. The molecule has 2 heterocycles. The maximum atomic E-state index is 9.79. The third-order valence-corrected chi connectivity index (χ3v) is 5.08. The summed E-state index contributed by atoms with van der Waals surface area (Å²) in [5.41, 5.74) is 3.67. The summed E-state index contributed by atoms with van der Waals surface area (Å²) < 4.78 is 0. The third-order valence-electron chi connectivity index (χ3n) is 5.08. The number of hydrogen-bond acceptors (Lipinski definition) is 5. The van der Waals surface area contributed by atoms with Crippen LogP contribution >= 0.6 is 0 Å². The third kappa shape index (κ3) is 3.47. The maximum absolute atomic E-state index is 9.79. The zero-order valence-corrected chi connectivity index (χ0v) is 15.0. The number of aromatic nitrogens is 2. The predicted molar refractivity (Wildman–Crippen MR) is 100 cm³/mol. The number of aliphatic hydroxyl groups excluding tert-OH is 1. The molecule has 0 saturated heterocycles. The van der Waals surface area contributed by atoms with Crippen molar-refractivity contribution in [2.45, 2.75) is 51.7 Å². The van der Waals surface area contributed by atoms with E-state index in [-0.39, 0.29) is 0 Å². The smallest absolute Gasteiger partial charge is 0.136 e. The molecule has 0 unspecified atom stereocenters. The molecule has 1 aromatic heterocycles. The minimum atomic E-state index is -0.408. The van der Waals surface area contributed by atoms with Crippen LogP contribution in [-0.2, 0) is 13.0 Å². The van der Waals surface area contributed by atoms with Gasteiger partial charge in [-0.3, -0.25) is 0 Å². The first kappa shape index (κ1) is 16.3. The van der Waals surface area contributed by atoms with Gasteiger partial charge in [-0.15, -0.1) is 0 Å². The van der Waals surface area contributed by atoms with Gasteiger partial charge in [0, 0.05) is 31.6 Å². The standard InChI is InChI=1S/C20H26N4O/c1-3-21-18-11-19(23-20(22-18)14-4-5-14)24-9-8-16-10-15(13(2)25)6-7-17(16)12-24/h6-7,10-11,13-14,25H,3-5,8-9,12H2,1-2H3,(H,21,22,23)/t13-/m0/s1. The molecule has 1 fully saturated rings. The van der Waals surface area contributed by atoms with Gasteiger partial charge in [-0.2, -0.15) is 0 Å². The van der Waals surface area contributed by atoms with Gasteiger partial charge in [0.2, 0.25) is 0 Å². The summed E-state index contributed by atoms with van der Waals surface area (Å²) in [7, 11) is 0. The Morgan fingerprint density at radius 1 is 1.24 bits per heavy atom. The molecule has 0 bridgehead atoms. The second-order valence-electron chi connectivity index (χ2n) is 7.15. The minimum Gasteiger partial charge on any atom is -0.389 e. The van der Waals surface area contributed by atoms with Crippen molar-refractivity contribution < 1.29 is 5.11 Å². The SMILES string of the molecule is CCNc1cc(N2CCc3cc([C@H](C)O)ccc3C2)nc(C2CC2)n1. The maximum Gasteiger partial charge on any atom is 0.136 e. The van der Waals surface area contributed by atoms with Crippen molar-refractivity contribution in [3.05, 3.63) is 46.8 Å². The van der Waals surface area contributed by atoms with E-state index in [0.29, 0.717) is 5.92 Å². The van der Waals surface area contributed by atoms with Crippen molar-refractivity contribution in [1.29, 1.82) is 0 Å². The van der Waals surface area contributed by atoms with Crippen LogP contribution in [0.2, 0.25) is 0 Å². The van der Waals surface area contributed by atoms with Gasteiger partial charge < -0.3 is 15.3 Å². The van der Waals surface area contributed by atoms with Crippen LogP contribution in [0.3, 0.4) is 0 Å². The second kappa shape index (κ2) is 6.64. The zero-order chi connectivity index (χ0) is 17.4. The van der Waals surface area contributed by atoms with Crippen molar-refractivity contribution in [3.8, 4) is 0 Å². The van der Waals surface area contributed by atoms with Crippen LogP contribution in [0.1, 0.15) is 61.2 Å². The van der Waals surface area contributed by atoms with Gasteiger partial charge in [0.15, 0.2) is 0 Å². The first-order chi connectivity index (χ1) is 12.1. The van der Waals surface area contributed by atoms with E-state index in [1.807, 2.05) is 13.0 Å². The number of nitrogens with one attached hydrogen (secondary N) is 1. The van der Waals surface area contributed by atoms with Gasteiger partial charge >= 0.3 is 0 Å². The van der Waals surface area contributed by atoms with E-state index in [0.717, 1.165) is 49.1 Å². The minimum absolute atomic E-state index is 0.408. The van der Waals surface area contributed by atoms with Crippen molar-refractivity contribution in [3.63, 3.8) is 0 Å². The quantitative estimate of drug-likeness (QED) is 0.875. The van der Waals surface area contributed by atoms with Crippen LogP contribution in [-0.4, -0.2) is 28.2 Å². The molecule has 2 aromatic rings. The number of hydrogen-bond donors (Lipinski definition) is 2. The molecule has 132 valence electrons. The Kier molecular flexibility index (Phi) is 4.34. The molecule has 0 radical (unpaired) electrons. The van der Waals surface area contributed by atoms with E-state index >= 15 is 0 Å². The first-order valence-electron chi connectivity index (χ1n) is 9.31. The fourth-order valence-corrected chi connectivity index (χ4v) is 3.44. The van der Waals surface area contributed by atoms with Gasteiger partial charge in [0.05, 0.1) is 6.10 Å². The molecular formula is C20H26N4O. The molecule has 1 aliphatic carbocycles. The highest BCUT2D eigenvalue weighted by Crippen LogP contribution is 2.39. The largest absolute Gasteiger partial charge is 0.389 e. The molecule has 5 nitrogen and oxygen atoms in total. The number of rotatable bonds is 5. The number of aliphatic hydroxyl groups is 1. The van der Waals surface area contributed by atoms with Crippen LogP contribution in [0.25, 0.3) is 0 Å². The van der Waals surface area contributed by atoms with Gasteiger partial charge in [0.1, 0.15) is 17.5 Å². The molecule has 1 aliphatic heterocycles. The highest BCUT2D eigenvalue weighted by molar-refractivity contribution is 5.52. The monoisotopic (exact) mass is 338 g/mol. The van der Waals surface area contributed by atoms with Crippen molar-refractivity contribution >= 4 is 11.6 Å². The molecule has 1 saturated carbocycles. The van der Waals surface area contributed by atoms with E-state index in [1.165, 1.54) is 24.0 Å². The van der Waals surface area contributed by atoms with E-state index in [2.05, 4.69) is 40.3 Å². The molecule has 0 spiro atoms. The summed E-state index contributed by atoms with van der Waals surface area (Å²) in [6.45, 7) is 6.59. The lowest BCUT2D eigenvalue weighted by Gasteiger charge is -2.30. The summed E-state index contributed by atoms with van der Waals surface area (Å²) in [5.74, 6) is 3.49. The fraction of sp³-hybridized carbons (Fsp3) is 0.500. The van der Waals surface area contributed by atoms with Gasteiger partial charge in [-0.1, -0.05) is 18.2 Å². The van der Waals surface area contributed by atoms with Gasteiger partial charge in [0.25, 0.3) is 0 Å². The van der Waals surface area contributed by atoms with E-state index in [9.17, 15) is 5.11 Å². The molecular weight excluding hydrogens is 312 g/mol. The summed E-state index contributed by atoms with van der Waals surface area (Å²) in [6.07, 6.45) is 2.99. The van der Waals surface area contributed by atoms with E-state index in [1.54, 1.807) is 0 Å². The summed E-state index contributed by atoms with van der Waals surface area (Å²) in [6, 6.07) is 8.41. The zero-order valence-electron chi connectivity index (χ0n) is 15.0. The Balaban J connectivity index is 1.60. The fourth-order valence-electron chi connectivity index (χ4n) is 3.44. The first-order valence-corrected chi connectivity index (χ1v) is 9.31. The van der Waals surface area contributed by atoms with Crippen LogP contribution in [0.4, 0.5) is 11.6 Å². The summed E-state index contributed by atoms with van der Waals surface area (Å²) in [4.78, 5) is 11.9. The molecule has 0 amide bonds. The molecule has 25 heavy (non-hydrogen) atoms. The number of nitrogens with zero attached hydrogens (tertiary/aromatic N) is 3. The van der Waals surface area contributed by atoms with Gasteiger partial charge in [-0.25, -0.2) is 9.97 Å². The van der Waals surface area contributed by atoms with E-state index < -0.39 is 6.10 Å². The Bertz CT molecular complexity index is 770. The van der Waals surface area contributed by atoms with Crippen LogP contribution in [0.5, 0.6) is 0 Å². The number of anilines is 2. The molecule has 5 heteroatoms. The predicted octanol–water partition coefficient (Wildman–Crippen LogP) is 3.40. The Morgan fingerprint density at radius 3 is 2.80 bits per heavy atom. The average Bonchev–Trinajstić information content (AvgIpc) is 3.46. The van der Waals surface area contributed by atoms with Crippen LogP contribution in [0, 0.1) is 0 Å².